The minimum Gasteiger partial charge on any atom is -0.477 e. The van der Waals surface area contributed by atoms with E-state index in [1.165, 1.54) is 0 Å². The summed E-state index contributed by atoms with van der Waals surface area (Å²) < 4.78 is 5.52. The van der Waals surface area contributed by atoms with Crippen LogP contribution in [0.25, 0.3) is 0 Å². The molecule has 1 aromatic rings. The van der Waals surface area contributed by atoms with Crippen molar-refractivity contribution in [1.82, 2.24) is 9.88 Å². The van der Waals surface area contributed by atoms with Gasteiger partial charge in [0.2, 0.25) is 5.88 Å². The number of hydrogen-bond acceptors (Lipinski definition) is 3. The molecule has 0 spiro atoms. The van der Waals surface area contributed by atoms with Crippen molar-refractivity contribution in [2.45, 2.75) is 0 Å². The van der Waals surface area contributed by atoms with Crippen LogP contribution in [0.2, 0.25) is 5.15 Å². The SMILES string of the molecule is CN1CC(COc2cccc(Cl)n2)C1. The third kappa shape index (κ3) is 2.36. The standard InChI is InChI=1S/C10H13ClN2O/c1-13-5-8(6-13)7-14-10-4-2-3-9(11)12-10/h2-4,8H,5-7H2,1H3. The van der Waals surface area contributed by atoms with Gasteiger partial charge in [-0.15, -0.1) is 0 Å². The second-order valence-electron chi connectivity index (χ2n) is 3.70. The molecule has 1 saturated heterocycles. The zero-order chi connectivity index (χ0) is 9.97. The third-order valence-electron chi connectivity index (χ3n) is 2.30. The number of halogens is 1. The van der Waals surface area contributed by atoms with Crippen LogP contribution in [-0.2, 0) is 0 Å². The van der Waals surface area contributed by atoms with Gasteiger partial charge in [-0.3, -0.25) is 0 Å². The number of aromatic nitrogens is 1. The molecule has 1 aliphatic rings. The lowest BCUT2D eigenvalue weighted by Gasteiger charge is -2.35. The van der Waals surface area contributed by atoms with Gasteiger partial charge in [0.1, 0.15) is 5.15 Å². The minimum atomic E-state index is 0.480. The fourth-order valence-corrected chi connectivity index (χ4v) is 1.76. The zero-order valence-corrected chi connectivity index (χ0v) is 8.87. The molecule has 4 heteroatoms. The van der Waals surface area contributed by atoms with Crippen molar-refractivity contribution < 1.29 is 4.74 Å². The van der Waals surface area contributed by atoms with Crippen molar-refractivity contribution >= 4 is 11.6 Å². The van der Waals surface area contributed by atoms with Crippen LogP contribution >= 0.6 is 11.6 Å². The highest BCUT2D eigenvalue weighted by Crippen LogP contribution is 2.16. The summed E-state index contributed by atoms with van der Waals surface area (Å²) in [5.41, 5.74) is 0. The molecule has 0 unspecified atom stereocenters. The smallest absolute Gasteiger partial charge is 0.214 e. The van der Waals surface area contributed by atoms with Crippen molar-refractivity contribution in [3.8, 4) is 5.88 Å². The first-order valence-corrected chi connectivity index (χ1v) is 5.06. The molecule has 1 aliphatic heterocycles. The normalized spacial score (nSPS) is 17.9. The van der Waals surface area contributed by atoms with Crippen molar-refractivity contribution in [3.05, 3.63) is 23.4 Å². The Labute approximate surface area is 88.6 Å². The van der Waals surface area contributed by atoms with Gasteiger partial charge in [-0.25, -0.2) is 4.98 Å². The molecule has 0 aliphatic carbocycles. The molecule has 1 aromatic heterocycles. The number of ether oxygens (including phenoxy) is 1. The molecule has 0 radical (unpaired) electrons. The van der Waals surface area contributed by atoms with Crippen molar-refractivity contribution in [3.63, 3.8) is 0 Å². The molecular weight excluding hydrogens is 200 g/mol. The lowest BCUT2D eigenvalue weighted by atomic mass is 10.0. The van der Waals surface area contributed by atoms with Crippen LogP contribution in [-0.4, -0.2) is 36.6 Å². The Bertz CT molecular complexity index is 313. The molecule has 0 amide bonds. The van der Waals surface area contributed by atoms with E-state index in [4.69, 9.17) is 16.3 Å². The summed E-state index contributed by atoms with van der Waals surface area (Å²) in [7, 11) is 2.11. The van der Waals surface area contributed by atoms with Gasteiger partial charge in [0.05, 0.1) is 6.61 Å². The maximum Gasteiger partial charge on any atom is 0.214 e. The summed E-state index contributed by atoms with van der Waals surface area (Å²) in [5.74, 6) is 1.26. The minimum absolute atomic E-state index is 0.480. The molecule has 0 aromatic carbocycles. The number of rotatable bonds is 3. The van der Waals surface area contributed by atoms with Gasteiger partial charge < -0.3 is 9.64 Å². The predicted molar refractivity (Wildman–Crippen MR) is 55.7 cm³/mol. The summed E-state index contributed by atoms with van der Waals surface area (Å²) in [6.45, 7) is 2.96. The summed E-state index contributed by atoms with van der Waals surface area (Å²) in [4.78, 5) is 6.32. The molecule has 0 atom stereocenters. The average molecular weight is 213 g/mol. The fourth-order valence-electron chi connectivity index (χ4n) is 1.61. The van der Waals surface area contributed by atoms with Crippen LogP contribution in [0.1, 0.15) is 0 Å². The van der Waals surface area contributed by atoms with E-state index in [1.807, 2.05) is 12.1 Å². The fraction of sp³-hybridized carbons (Fsp3) is 0.500. The van der Waals surface area contributed by atoms with E-state index in [0.29, 0.717) is 17.0 Å². The number of likely N-dealkylation sites (tertiary alicyclic amines) is 1. The van der Waals surface area contributed by atoms with Crippen LogP contribution in [0.5, 0.6) is 5.88 Å². The lowest BCUT2D eigenvalue weighted by Crippen LogP contribution is -2.46. The van der Waals surface area contributed by atoms with Crippen LogP contribution in [0.4, 0.5) is 0 Å². The lowest BCUT2D eigenvalue weighted by molar-refractivity contribution is 0.0839. The van der Waals surface area contributed by atoms with E-state index < -0.39 is 0 Å². The van der Waals surface area contributed by atoms with Crippen LogP contribution in [0.15, 0.2) is 18.2 Å². The molecule has 1 fully saturated rings. The van der Waals surface area contributed by atoms with Crippen molar-refractivity contribution in [2.75, 3.05) is 26.7 Å². The van der Waals surface area contributed by atoms with E-state index in [0.717, 1.165) is 19.7 Å². The van der Waals surface area contributed by atoms with Gasteiger partial charge in [0.25, 0.3) is 0 Å². The highest BCUT2D eigenvalue weighted by Gasteiger charge is 2.23. The number of nitrogens with zero attached hydrogens (tertiary/aromatic N) is 2. The van der Waals surface area contributed by atoms with E-state index in [1.54, 1.807) is 6.07 Å². The Morgan fingerprint density at radius 1 is 1.57 bits per heavy atom. The third-order valence-corrected chi connectivity index (χ3v) is 2.51. The molecule has 0 bridgehead atoms. The van der Waals surface area contributed by atoms with Gasteiger partial charge in [0.15, 0.2) is 0 Å². The Morgan fingerprint density at radius 3 is 3.00 bits per heavy atom. The quantitative estimate of drug-likeness (QED) is 0.713. The molecule has 14 heavy (non-hydrogen) atoms. The number of pyridine rings is 1. The number of hydrogen-bond donors (Lipinski definition) is 0. The highest BCUT2D eigenvalue weighted by atomic mass is 35.5. The van der Waals surface area contributed by atoms with E-state index in [2.05, 4.69) is 16.9 Å². The summed E-state index contributed by atoms with van der Waals surface area (Å²) >= 11 is 5.73. The Balaban J connectivity index is 1.80. The van der Waals surface area contributed by atoms with Gasteiger partial charge in [-0.2, -0.15) is 0 Å². The Kier molecular flexibility index (Phi) is 2.89. The molecule has 76 valence electrons. The Morgan fingerprint density at radius 2 is 2.36 bits per heavy atom. The first-order chi connectivity index (χ1) is 6.74. The second-order valence-corrected chi connectivity index (χ2v) is 4.08. The van der Waals surface area contributed by atoms with Gasteiger partial charge in [-0.1, -0.05) is 17.7 Å². The van der Waals surface area contributed by atoms with Crippen molar-refractivity contribution in [2.24, 2.45) is 5.92 Å². The highest BCUT2D eigenvalue weighted by molar-refractivity contribution is 6.29. The van der Waals surface area contributed by atoms with Gasteiger partial charge in [0, 0.05) is 25.1 Å². The van der Waals surface area contributed by atoms with Crippen LogP contribution in [0.3, 0.4) is 0 Å². The topological polar surface area (TPSA) is 25.4 Å². The Hall–Kier alpha value is -0.800. The van der Waals surface area contributed by atoms with E-state index >= 15 is 0 Å². The summed E-state index contributed by atoms with van der Waals surface area (Å²) in [5, 5.41) is 0.480. The zero-order valence-electron chi connectivity index (χ0n) is 8.11. The summed E-state index contributed by atoms with van der Waals surface area (Å²) in [6.07, 6.45) is 0. The molecule has 2 heterocycles. The molecule has 2 rings (SSSR count). The molecule has 3 nitrogen and oxygen atoms in total. The van der Waals surface area contributed by atoms with Gasteiger partial charge >= 0.3 is 0 Å². The monoisotopic (exact) mass is 212 g/mol. The summed E-state index contributed by atoms with van der Waals surface area (Å²) in [6, 6.07) is 5.41. The largest absolute Gasteiger partial charge is 0.477 e. The predicted octanol–water partition coefficient (Wildman–Crippen LogP) is 1.68. The maximum absolute atomic E-state index is 5.73. The van der Waals surface area contributed by atoms with Crippen LogP contribution < -0.4 is 4.74 Å². The molecule has 0 saturated carbocycles. The van der Waals surface area contributed by atoms with E-state index in [9.17, 15) is 0 Å². The first-order valence-electron chi connectivity index (χ1n) is 4.68. The maximum atomic E-state index is 5.73. The first kappa shape index (κ1) is 9.74. The second kappa shape index (κ2) is 4.15. The van der Waals surface area contributed by atoms with Crippen molar-refractivity contribution in [1.29, 1.82) is 0 Å². The average Bonchev–Trinajstić information content (AvgIpc) is 2.11. The van der Waals surface area contributed by atoms with Gasteiger partial charge in [-0.05, 0) is 13.1 Å². The van der Waals surface area contributed by atoms with E-state index in [-0.39, 0.29) is 0 Å². The molecule has 0 N–H and O–H groups in total. The van der Waals surface area contributed by atoms with Crippen LogP contribution in [0, 0.1) is 5.92 Å². The molecular formula is C10H13ClN2O.